The summed E-state index contributed by atoms with van der Waals surface area (Å²) < 4.78 is 5.97. The van der Waals surface area contributed by atoms with Crippen molar-refractivity contribution in [3.05, 3.63) is 24.0 Å². The molecular formula is C16H25N3O. The van der Waals surface area contributed by atoms with Gasteiger partial charge in [-0.15, -0.1) is 0 Å². The van der Waals surface area contributed by atoms with E-state index in [4.69, 9.17) is 4.74 Å². The van der Waals surface area contributed by atoms with Crippen LogP contribution >= 0.6 is 0 Å². The fraction of sp³-hybridized carbons (Fsp3) is 0.688. The van der Waals surface area contributed by atoms with Crippen molar-refractivity contribution in [2.24, 2.45) is 0 Å². The summed E-state index contributed by atoms with van der Waals surface area (Å²) in [6.45, 7) is 2.91. The summed E-state index contributed by atoms with van der Waals surface area (Å²) in [7, 11) is 2.22. The number of hydrogen-bond acceptors (Lipinski definition) is 4. The lowest BCUT2D eigenvalue weighted by molar-refractivity contribution is 0.231. The number of aromatic nitrogens is 1. The summed E-state index contributed by atoms with van der Waals surface area (Å²) in [6.07, 6.45) is 10.1. The van der Waals surface area contributed by atoms with Crippen LogP contribution < -0.4 is 10.1 Å². The van der Waals surface area contributed by atoms with Crippen LogP contribution in [0.25, 0.3) is 0 Å². The van der Waals surface area contributed by atoms with Crippen molar-refractivity contribution in [1.82, 2.24) is 15.2 Å². The summed E-state index contributed by atoms with van der Waals surface area (Å²) in [5.41, 5.74) is 1.23. The first-order valence-electron chi connectivity index (χ1n) is 7.82. The average Bonchev–Trinajstić information content (AvgIpc) is 3.21. The second-order valence-corrected chi connectivity index (χ2v) is 6.05. The molecule has 110 valence electrons. The van der Waals surface area contributed by atoms with Crippen molar-refractivity contribution in [2.45, 2.75) is 50.7 Å². The number of rotatable bonds is 7. The lowest BCUT2D eigenvalue weighted by Crippen LogP contribution is -2.26. The highest BCUT2D eigenvalue weighted by atomic mass is 16.5. The zero-order valence-electron chi connectivity index (χ0n) is 12.3. The molecule has 1 unspecified atom stereocenters. The van der Waals surface area contributed by atoms with Crippen LogP contribution in [0.2, 0.25) is 0 Å². The first-order chi connectivity index (χ1) is 9.83. The van der Waals surface area contributed by atoms with E-state index in [0.29, 0.717) is 6.04 Å². The largest absolute Gasteiger partial charge is 0.492 e. The number of hydrogen-bond donors (Lipinski definition) is 1. The molecule has 1 aromatic rings. The molecule has 3 rings (SSSR count). The molecule has 2 aliphatic rings. The summed E-state index contributed by atoms with van der Waals surface area (Å²) in [6, 6.07) is 3.48. The Kier molecular flexibility index (Phi) is 4.53. The normalized spacial score (nSPS) is 23.1. The number of pyridine rings is 1. The Balaban J connectivity index is 1.48. The summed E-state index contributed by atoms with van der Waals surface area (Å²) >= 11 is 0. The maximum atomic E-state index is 5.97. The fourth-order valence-corrected chi connectivity index (χ4v) is 2.88. The van der Waals surface area contributed by atoms with E-state index in [0.717, 1.165) is 31.4 Å². The van der Waals surface area contributed by atoms with Gasteiger partial charge in [-0.05, 0) is 51.8 Å². The second kappa shape index (κ2) is 6.55. The molecule has 2 fully saturated rings. The maximum absolute atomic E-state index is 5.97. The van der Waals surface area contributed by atoms with Crippen LogP contribution in [0.5, 0.6) is 5.75 Å². The molecule has 1 N–H and O–H groups in total. The lowest BCUT2D eigenvalue weighted by Gasteiger charge is -2.19. The minimum Gasteiger partial charge on any atom is -0.492 e. The predicted molar refractivity (Wildman–Crippen MR) is 79.9 cm³/mol. The Morgan fingerprint density at radius 1 is 1.40 bits per heavy atom. The predicted octanol–water partition coefficient (Wildman–Crippen LogP) is 2.20. The van der Waals surface area contributed by atoms with Crippen LogP contribution in [0.15, 0.2) is 18.5 Å². The van der Waals surface area contributed by atoms with Crippen molar-refractivity contribution in [3.63, 3.8) is 0 Å². The molecule has 4 heteroatoms. The minimum absolute atomic E-state index is 0.694. The molecule has 0 bridgehead atoms. The zero-order valence-corrected chi connectivity index (χ0v) is 12.3. The van der Waals surface area contributed by atoms with Gasteiger partial charge >= 0.3 is 0 Å². The zero-order chi connectivity index (χ0) is 13.8. The molecule has 4 nitrogen and oxygen atoms in total. The van der Waals surface area contributed by atoms with Crippen LogP contribution in [-0.2, 0) is 6.54 Å². The number of ether oxygens (including phenoxy) is 1. The third-order valence-electron chi connectivity index (χ3n) is 4.41. The van der Waals surface area contributed by atoms with Gasteiger partial charge in [-0.2, -0.15) is 0 Å². The maximum Gasteiger partial charge on any atom is 0.142 e. The SMILES string of the molecule is CN1CCCC1CCOc1cnccc1CNC1CC1. The fourth-order valence-electron chi connectivity index (χ4n) is 2.88. The van der Waals surface area contributed by atoms with Gasteiger partial charge in [-0.3, -0.25) is 4.98 Å². The molecule has 1 aromatic heterocycles. The molecule has 1 aliphatic carbocycles. The monoisotopic (exact) mass is 275 g/mol. The van der Waals surface area contributed by atoms with Crippen LogP contribution in [0.4, 0.5) is 0 Å². The first-order valence-corrected chi connectivity index (χ1v) is 7.82. The molecule has 0 radical (unpaired) electrons. The van der Waals surface area contributed by atoms with E-state index in [2.05, 4.69) is 28.3 Å². The quantitative estimate of drug-likeness (QED) is 0.828. The van der Waals surface area contributed by atoms with Gasteiger partial charge in [-0.25, -0.2) is 0 Å². The summed E-state index contributed by atoms with van der Waals surface area (Å²) in [5.74, 6) is 0.946. The van der Waals surface area contributed by atoms with Crippen molar-refractivity contribution >= 4 is 0 Å². The topological polar surface area (TPSA) is 37.4 Å². The van der Waals surface area contributed by atoms with Gasteiger partial charge in [0.1, 0.15) is 5.75 Å². The van der Waals surface area contributed by atoms with Gasteiger partial charge < -0.3 is 15.0 Å². The Hall–Kier alpha value is -1.13. The highest BCUT2D eigenvalue weighted by molar-refractivity contribution is 5.29. The Morgan fingerprint density at radius 3 is 3.05 bits per heavy atom. The van der Waals surface area contributed by atoms with Crippen LogP contribution in [-0.4, -0.2) is 42.2 Å². The smallest absolute Gasteiger partial charge is 0.142 e. The highest BCUT2D eigenvalue weighted by Gasteiger charge is 2.22. The van der Waals surface area contributed by atoms with E-state index in [9.17, 15) is 0 Å². The average molecular weight is 275 g/mol. The molecular weight excluding hydrogens is 250 g/mol. The standard InChI is InChI=1S/C16H25N3O/c1-19-9-2-3-15(19)7-10-20-16-12-17-8-6-13(16)11-18-14-4-5-14/h6,8,12,14-15,18H,2-5,7,9-11H2,1H3. The van der Waals surface area contributed by atoms with E-state index in [-0.39, 0.29) is 0 Å². The molecule has 1 saturated carbocycles. The third kappa shape index (κ3) is 3.70. The Labute approximate surface area is 121 Å². The molecule has 20 heavy (non-hydrogen) atoms. The van der Waals surface area contributed by atoms with E-state index < -0.39 is 0 Å². The molecule has 2 heterocycles. The first kappa shape index (κ1) is 13.8. The van der Waals surface area contributed by atoms with E-state index in [1.807, 2.05) is 12.4 Å². The van der Waals surface area contributed by atoms with Gasteiger partial charge in [0.25, 0.3) is 0 Å². The van der Waals surface area contributed by atoms with Crippen molar-refractivity contribution in [2.75, 3.05) is 20.2 Å². The van der Waals surface area contributed by atoms with Gasteiger partial charge in [0.15, 0.2) is 0 Å². The minimum atomic E-state index is 0.694. The second-order valence-electron chi connectivity index (χ2n) is 6.05. The van der Waals surface area contributed by atoms with Crippen LogP contribution in [0, 0.1) is 0 Å². The third-order valence-corrected chi connectivity index (χ3v) is 4.41. The molecule has 1 aliphatic heterocycles. The van der Waals surface area contributed by atoms with Gasteiger partial charge in [0.05, 0.1) is 12.8 Å². The van der Waals surface area contributed by atoms with Crippen molar-refractivity contribution in [3.8, 4) is 5.75 Å². The van der Waals surface area contributed by atoms with E-state index in [1.165, 1.54) is 37.8 Å². The highest BCUT2D eigenvalue weighted by Crippen LogP contribution is 2.23. The number of likely N-dealkylation sites (tertiary alicyclic amines) is 1. The van der Waals surface area contributed by atoms with Crippen LogP contribution in [0.1, 0.15) is 37.7 Å². The molecule has 0 spiro atoms. The van der Waals surface area contributed by atoms with E-state index in [1.54, 1.807) is 0 Å². The van der Waals surface area contributed by atoms with Crippen molar-refractivity contribution in [1.29, 1.82) is 0 Å². The van der Waals surface area contributed by atoms with Crippen LogP contribution in [0.3, 0.4) is 0 Å². The van der Waals surface area contributed by atoms with Gasteiger partial charge in [0.2, 0.25) is 0 Å². The van der Waals surface area contributed by atoms with Gasteiger partial charge in [-0.1, -0.05) is 0 Å². The Morgan fingerprint density at radius 2 is 2.30 bits per heavy atom. The summed E-state index contributed by atoms with van der Waals surface area (Å²) in [4.78, 5) is 6.64. The summed E-state index contributed by atoms with van der Waals surface area (Å²) in [5, 5.41) is 3.54. The Bertz CT molecular complexity index is 433. The number of nitrogens with zero attached hydrogens (tertiary/aromatic N) is 2. The van der Waals surface area contributed by atoms with Gasteiger partial charge in [0, 0.05) is 30.4 Å². The van der Waals surface area contributed by atoms with E-state index >= 15 is 0 Å². The number of nitrogens with one attached hydrogen (secondary N) is 1. The molecule has 1 saturated heterocycles. The molecule has 0 amide bonds. The van der Waals surface area contributed by atoms with Crippen molar-refractivity contribution < 1.29 is 4.74 Å². The lowest BCUT2D eigenvalue weighted by atomic mass is 10.1. The molecule has 1 atom stereocenters. The molecule has 0 aromatic carbocycles.